The molecule has 2 aromatic carbocycles. The lowest BCUT2D eigenvalue weighted by Gasteiger charge is -2.26. The van der Waals surface area contributed by atoms with Crippen LogP contribution in [0.4, 0.5) is 5.69 Å². The van der Waals surface area contributed by atoms with Gasteiger partial charge in [0, 0.05) is 30.7 Å². The number of Topliss-reactive ketones (excluding diaryl/α,β-unsaturated/α-hetero) is 1. The molecule has 1 fully saturated rings. The maximum atomic E-state index is 13.3. The summed E-state index contributed by atoms with van der Waals surface area (Å²) in [6.45, 7) is 8.81. The third kappa shape index (κ3) is 4.83. The van der Waals surface area contributed by atoms with E-state index in [0.717, 1.165) is 30.9 Å². The van der Waals surface area contributed by atoms with Gasteiger partial charge in [0.2, 0.25) is 0 Å². The SMILES string of the molecule is CCN(CC)CCCN1C(=O)C(=O)/C(=C(/O)c2ccc3c(c2)CC(C)O3)C1c1cccc([N+](=O)[O-])c1. The molecule has 2 aliphatic heterocycles. The van der Waals surface area contributed by atoms with Crippen LogP contribution in [-0.2, 0) is 16.0 Å². The number of carbonyl (C=O) groups is 2. The van der Waals surface area contributed by atoms with Crippen molar-refractivity contribution >= 4 is 23.1 Å². The lowest BCUT2D eigenvalue weighted by Crippen LogP contribution is -2.33. The zero-order chi connectivity index (χ0) is 26.0. The Kier molecular flexibility index (Phi) is 7.40. The number of aliphatic hydroxyl groups excluding tert-OH is 1. The lowest BCUT2D eigenvalue weighted by atomic mass is 9.94. The molecule has 1 N–H and O–H groups in total. The predicted octanol–water partition coefficient (Wildman–Crippen LogP) is 4.07. The van der Waals surface area contributed by atoms with Crippen LogP contribution in [0.15, 0.2) is 48.0 Å². The highest BCUT2D eigenvalue weighted by Crippen LogP contribution is 2.41. The minimum absolute atomic E-state index is 0.0126. The quantitative estimate of drug-likeness (QED) is 0.184. The number of hydrogen-bond acceptors (Lipinski definition) is 7. The van der Waals surface area contributed by atoms with E-state index in [2.05, 4.69) is 18.7 Å². The van der Waals surface area contributed by atoms with Crippen LogP contribution in [0.25, 0.3) is 5.76 Å². The van der Waals surface area contributed by atoms with Crippen LogP contribution in [0.5, 0.6) is 5.75 Å². The third-order valence-corrected chi connectivity index (χ3v) is 6.87. The van der Waals surface area contributed by atoms with Gasteiger partial charge >= 0.3 is 0 Å². The number of likely N-dealkylation sites (tertiary alicyclic amines) is 1. The Bertz CT molecular complexity index is 1220. The van der Waals surface area contributed by atoms with E-state index in [-0.39, 0.29) is 29.7 Å². The second-order valence-corrected chi connectivity index (χ2v) is 9.18. The smallest absolute Gasteiger partial charge is 0.295 e. The molecular formula is C27H31N3O6. The third-order valence-electron chi connectivity index (χ3n) is 6.87. The molecule has 4 rings (SSSR count). The van der Waals surface area contributed by atoms with Crippen LogP contribution in [0.1, 0.15) is 49.9 Å². The van der Waals surface area contributed by atoms with Crippen LogP contribution >= 0.6 is 0 Å². The second-order valence-electron chi connectivity index (χ2n) is 9.18. The van der Waals surface area contributed by atoms with Crippen LogP contribution in [0.3, 0.4) is 0 Å². The Morgan fingerprint density at radius 1 is 1.19 bits per heavy atom. The molecule has 0 bridgehead atoms. The van der Waals surface area contributed by atoms with E-state index >= 15 is 0 Å². The van der Waals surface area contributed by atoms with Crippen molar-refractivity contribution in [3.8, 4) is 5.75 Å². The second kappa shape index (κ2) is 10.5. The molecule has 0 radical (unpaired) electrons. The number of fused-ring (bicyclic) bond motifs is 1. The van der Waals surface area contributed by atoms with Gasteiger partial charge < -0.3 is 19.6 Å². The van der Waals surface area contributed by atoms with E-state index in [4.69, 9.17) is 4.74 Å². The molecule has 0 saturated carbocycles. The summed E-state index contributed by atoms with van der Waals surface area (Å²) in [5, 5.41) is 22.8. The van der Waals surface area contributed by atoms with Gasteiger partial charge in [-0.15, -0.1) is 0 Å². The molecule has 0 aliphatic carbocycles. The largest absolute Gasteiger partial charge is 0.507 e. The molecule has 0 spiro atoms. The summed E-state index contributed by atoms with van der Waals surface area (Å²) in [6.07, 6.45) is 1.30. The Labute approximate surface area is 210 Å². The Morgan fingerprint density at radius 2 is 1.94 bits per heavy atom. The number of nitro benzene ring substituents is 1. The molecule has 9 nitrogen and oxygen atoms in total. The number of nitrogens with zero attached hydrogens (tertiary/aromatic N) is 3. The summed E-state index contributed by atoms with van der Waals surface area (Å²) in [4.78, 5) is 41.0. The van der Waals surface area contributed by atoms with Gasteiger partial charge in [0.1, 0.15) is 17.6 Å². The molecule has 1 amide bonds. The molecule has 2 atom stereocenters. The minimum Gasteiger partial charge on any atom is -0.507 e. The van der Waals surface area contributed by atoms with Crippen molar-refractivity contribution < 1.29 is 24.4 Å². The van der Waals surface area contributed by atoms with Gasteiger partial charge in [-0.25, -0.2) is 0 Å². The van der Waals surface area contributed by atoms with Crippen LogP contribution in [0, 0.1) is 10.1 Å². The summed E-state index contributed by atoms with van der Waals surface area (Å²) in [7, 11) is 0. The van der Waals surface area contributed by atoms with Gasteiger partial charge in [0.15, 0.2) is 0 Å². The molecule has 1 saturated heterocycles. The summed E-state index contributed by atoms with van der Waals surface area (Å²) in [5.74, 6) is -1.08. The first-order valence-corrected chi connectivity index (χ1v) is 12.3. The average Bonchev–Trinajstić information content (AvgIpc) is 3.37. The highest BCUT2D eigenvalue weighted by atomic mass is 16.6. The van der Waals surface area contributed by atoms with Crippen molar-refractivity contribution in [1.29, 1.82) is 0 Å². The number of ketones is 1. The maximum Gasteiger partial charge on any atom is 0.295 e. The van der Waals surface area contributed by atoms with Crippen molar-refractivity contribution in [2.75, 3.05) is 26.2 Å². The maximum absolute atomic E-state index is 13.3. The average molecular weight is 494 g/mol. The molecule has 2 heterocycles. The highest BCUT2D eigenvalue weighted by molar-refractivity contribution is 6.46. The summed E-state index contributed by atoms with van der Waals surface area (Å²) in [5.41, 5.74) is 1.51. The van der Waals surface area contributed by atoms with E-state index in [1.807, 2.05) is 6.92 Å². The number of aliphatic hydroxyl groups is 1. The number of amides is 1. The summed E-state index contributed by atoms with van der Waals surface area (Å²) < 4.78 is 5.74. The number of nitro groups is 1. The standard InChI is InChI=1S/C27H31N3O6/c1-4-28(5-2)12-7-13-29-24(18-8-6-9-21(16-18)30(34)35)23(26(32)27(29)33)25(31)19-10-11-22-20(15-19)14-17(3)36-22/h6,8-11,15-17,24,31H,4-5,7,12-14H2,1-3H3/b25-23+. The molecule has 190 valence electrons. The van der Waals surface area contributed by atoms with Crippen LogP contribution in [0.2, 0.25) is 0 Å². The molecule has 0 aromatic heterocycles. The number of carbonyl (C=O) groups excluding carboxylic acids is 2. The normalized spacial score (nSPS) is 20.6. The fraction of sp³-hybridized carbons (Fsp3) is 0.407. The van der Waals surface area contributed by atoms with Gasteiger partial charge in [-0.3, -0.25) is 19.7 Å². The van der Waals surface area contributed by atoms with Gasteiger partial charge in [-0.1, -0.05) is 26.0 Å². The van der Waals surface area contributed by atoms with E-state index in [0.29, 0.717) is 24.0 Å². The molecule has 2 unspecified atom stereocenters. The summed E-state index contributed by atoms with van der Waals surface area (Å²) >= 11 is 0. The number of ether oxygens (including phenoxy) is 1. The van der Waals surface area contributed by atoms with E-state index in [1.54, 1.807) is 24.3 Å². The first-order valence-electron chi connectivity index (χ1n) is 12.3. The van der Waals surface area contributed by atoms with E-state index in [1.165, 1.54) is 23.1 Å². The zero-order valence-electron chi connectivity index (χ0n) is 20.8. The van der Waals surface area contributed by atoms with E-state index in [9.17, 15) is 24.8 Å². The lowest BCUT2D eigenvalue weighted by molar-refractivity contribution is -0.384. The monoisotopic (exact) mass is 493 g/mol. The number of benzene rings is 2. The van der Waals surface area contributed by atoms with Crippen LogP contribution < -0.4 is 4.74 Å². The van der Waals surface area contributed by atoms with Crippen molar-refractivity contribution in [3.05, 3.63) is 74.8 Å². The van der Waals surface area contributed by atoms with Gasteiger partial charge in [-0.05, 0) is 62.3 Å². The Hall–Kier alpha value is -3.72. The molecule has 36 heavy (non-hydrogen) atoms. The molecule has 2 aliphatic rings. The predicted molar refractivity (Wildman–Crippen MR) is 135 cm³/mol. The number of rotatable bonds is 9. The molecular weight excluding hydrogens is 462 g/mol. The number of non-ortho nitro benzene ring substituents is 1. The minimum atomic E-state index is -0.926. The van der Waals surface area contributed by atoms with Crippen molar-refractivity contribution in [1.82, 2.24) is 9.80 Å². The summed E-state index contributed by atoms with van der Waals surface area (Å²) in [6, 6.07) is 10.1. The fourth-order valence-electron chi connectivity index (χ4n) is 4.99. The number of hydrogen-bond donors (Lipinski definition) is 1. The molecule has 2 aromatic rings. The van der Waals surface area contributed by atoms with Crippen molar-refractivity contribution in [2.24, 2.45) is 0 Å². The van der Waals surface area contributed by atoms with Crippen LogP contribution in [-0.4, -0.2) is 63.8 Å². The van der Waals surface area contributed by atoms with Gasteiger partial charge in [0.05, 0.1) is 16.5 Å². The van der Waals surface area contributed by atoms with Crippen molar-refractivity contribution in [3.63, 3.8) is 0 Å². The Balaban J connectivity index is 1.77. The zero-order valence-corrected chi connectivity index (χ0v) is 20.8. The van der Waals surface area contributed by atoms with Gasteiger partial charge in [0.25, 0.3) is 17.4 Å². The first kappa shape index (κ1) is 25.4. The fourth-order valence-corrected chi connectivity index (χ4v) is 4.99. The first-order chi connectivity index (χ1) is 17.2. The Morgan fingerprint density at radius 3 is 2.64 bits per heavy atom. The highest BCUT2D eigenvalue weighted by Gasteiger charge is 2.46. The van der Waals surface area contributed by atoms with Crippen molar-refractivity contribution in [2.45, 2.75) is 45.8 Å². The van der Waals surface area contributed by atoms with Gasteiger partial charge in [-0.2, -0.15) is 0 Å². The molecule has 9 heteroatoms. The topological polar surface area (TPSA) is 113 Å². The van der Waals surface area contributed by atoms with E-state index < -0.39 is 22.7 Å².